The van der Waals surface area contributed by atoms with E-state index in [1.54, 1.807) is 0 Å². The van der Waals surface area contributed by atoms with Crippen molar-refractivity contribution in [3.63, 3.8) is 0 Å². The van der Waals surface area contributed by atoms with Crippen LogP contribution in [0, 0.1) is 6.92 Å². The third kappa shape index (κ3) is 3.54. The Morgan fingerprint density at radius 2 is 1.88 bits per heavy atom. The van der Waals surface area contributed by atoms with Crippen molar-refractivity contribution in [1.29, 1.82) is 0 Å². The van der Waals surface area contributed by atoms with E-state index < -0.39 is 0 Å². The van der Waals surface area contributed by atoms with Crippen LogP contribution in [0.4, 0.5) is 0 Å². The van der Waals surface area contributed by atoms with Crippen LogP contribution in [-0.2, 0) is 9.53 Å². The van der Waals surface area contributed by atoms with Gasteiger partial charge < -0.3 is 4.74 Å². The third-order valence-electron chi connectivity index (χ3n) is 2.34. The molecule has 0 aliphatic rings. The number of benzene rings is 1. The zero-order valence-electron chi connectivity index (χ0n) is 10.1. The van der Waals surface area contributed by atoms with Crippen LogP contribution >= 0.6 is 0 Å². The topological polar surface area (TPSA) is 26.3 Å². The van der Waals surface area contributed by atoms with E-state index in [1.807, 2.05) is 51.1 Å². The Bertz CT molecular complexity index is 374. The molecule has 1 aromatic rings. The second-order valence-corrected chi connectivity index (χ2v) is 3.65. The van der Waals surface area contributed by atoms with Gasteiger partial charge in [-0.2, -0.15) is 0 Å². The minimum atomic E-state index is -0.217. The molecule has 0 spiro atoms. The summed E-state index contributed by atoms with van der Waals surface area (Å²) in [5.74, 6) is -0.217. The minimum absolute atomic E-state index is 0.217. The van der Waals surface area contributed by atoms with Gasteiger partial charge in [0.1, 0.15) is 0 Å². The molecule has 0 saturated carbocycles. The van der Waals surface area contributed by atoms with Gasteiger partial charge in [0.05, 0.1) is 6.61 Å². The summed E-state index contributed by atoms with van der Waals surface area (Å²) in [6.07, 6.45) is 2.57. The Balaban J connectivity index is 2.87. The molecule has 1 aromatic carbocycles. The summed E-state index contributed by atoms with van der Waals surface area (Å²) in [5.41, 5.74) is 2.97. The van der Waals surface area contributed by atoms with Gasteiger partial charge >= 0.3 is 5.97 Å². The van der Waals surface area contributed by atoms with Gasteiger partial charge in [-0.15, -0.1) is 0 Å². The first-order chi connectivity index (χ1) is 7.67. The number of rotatable bonds is 4. The lowest BCUT2D eigenvalue weighted by Gasteiger charge is -2.04. The molecule has 0 aromatic heterocycles. The molecule has 2 heteroatoms. The van der Waals surface area contributed by atoms with E-state index in [0.717, 1.165) is 5.56 Å². The van der Waals surface area contributed by atoms with Gasteiger partial charge in [-0.1, -0.05) is 36.8 Å². The Hall–Kier alpha value is -1.57. The van der Waals surface area contributed by atoms with E-state index in [9.17, 15) is 4.79 Å². The van der Waals surface area contributed by atoms with Crippen molar-refractivity contribution in [3.8, 4) is 0 Å². The second kappa shape index (κ2) is 6.11. The zero-order chi connectivity index (χ0) is 12.0. The number of ether oxygens (including phenoxy) is 1. The van der Waals surface area contributed by atoms with Crippen LogP contribution in [0.3, 0.4) is 0 Å². The predicted octanol–water partition coefficient (Wildman–Crippen LogP) is 3.35. The molecule has 0 heterocycles. The molecule has 0 fully saturated rings. The van der Waals surface area contributed by atoms with Crippen molar-refractivity contribution in [2.75, 3.05) is 6.61 Å². The summed E-state index contributed by atoms with van der Waals surface area (Å²) in [4.78, 5) is 11.6. The third-order valence-corrected chi connectivity index (χ3v) is 2.34. The van der Waals surface area contributed by atoms with E-state index >= 15 is 0 Å². The standard InChI is InChI=1S/C14H18O2/c1-4-13(14(15)16-5-2)10-12-8-6-11(3)7-9-12/h6-10H,4-5H2,1-3H3. The predicted molar refractivity (Wildman–Crippen MR) is 66.1 cm³/mol. The van der Waals surface area contributed by atoms with E-state index in [-0.39, 0.29) is 5.97 Å². The molecular formula is C14H18O2. The van der Waals surface area contributed by atoms with Crippen molar-refractivity contribution in [2.24, 2.45) is 0 Å². The highest BCUT2D eigenvalue weighted by atomic mass is 16.5. The summed E-state index contributed by atoms with van der Waals surface area (Å²) in [5, 5.41) is 0. The van der Waals surface area contributed by atoms with Gasteiger partial charge in [0, 0.05) is 5.57 Å². The van der Waals surface area contributed by atoms with Crippen LogP contribution in [0.1, 0.15) is 31.4 Å². The van der Waals surface area contributed by atoms with Crippen LogP contribution in [0.25, 0.3) is 6.08 Å². The summed E-state index contributed by atoms with van der Waals surface area (Å²) in [6.45, 7) is 6.23. The van der Waals surface area contributed by atoms with Crippen molar-refractivity contribution in [2.45, 2.75) is 27.2 Å². The maximum atomic E-state index is 11.6. The first kappa shape index (κ1) is 12.5. The van der Waals surface area contributed by atoms with Crippen LogP contribution in [0.5, 0.6) is 0 Å². The fraction of sp³-hybridized carbons (Fsp3) is 0.357. The Kier molecular flexibility index (Phi) is 4.77. The lowest BCUT2D eigenvalue weighted by Crippen LogP contribution is -2.06. The second-order valence-electron chi connectivity index (χ2n) is 3.65. The molecule has 0 amide bonds. The molecule has 1 rings (SSSR count). The van der Waals surface area contributed by atoms with Crippen molar-refractivity contribution >= 4 is 12.0 Å². The van der Waals surface area contributed by atoms with Gasteiger partial charge in [-0.25, -0.2) is 4.79 Å². The van der Waals surface area contributed by atoms with Gasteiger partial charge in [0.25, 0.3) is 0 Å². The normalized spacial score (nSPS) is 11.3. The number of hydrogen-bond donors (Lipinski definition) is 0. The van der Waals surface area contributed by atoms with Gasteiger partial charge in [0.15, 0.2) is 0 Å². The molecule has 0 saturated heterocycles. The van der Waals surface area contributed by atoms with E-state index in [2.05, 4.69) is 0 Å². The number of aryl methyl sites for hydroxylation is 1. The highest BCUT2D eigenvalue weighted by molar-refractivity contribution is 5.93. The molecule has 0 aliphatic carbocycles. The summed E-state index contributed by atoms with van der Waals surface area (Å²) in [6, 6.07) is 8.07. The molecule has 0 aliphatic heterocycles. The van der Waals surface area contributed by atoms with Crippen molar-refractivity contribution in [3.05, 3.63) is 41.0 Å². The number of carbonyl (C=O) groups is 1. The Morgan fingerprint density at radius 3 is 2.38 bits per heavy atom. The first-order valence-electron chi connectivity index (χ1n) is 5.61. The molecular weight excluding hydrogens is 200 g/mol. The maximum absolute atomic E-state index is 11.6. The van der Waals surface area contributed by atoms with E-state index in [4.69, 9.17) is 4.74 Å². The summed E-state index contributed by atoms with van der Waals surface area (Å²) < 4.78 is 4.98. The molecule has 0 bridgehead atoms. The maximum Gasteiger partial charge on any atom is 0.333 e. The van der Waals surface area contributed by atoms with Gasteiger partial charge in [0.2, 0.25) is 0 Å². The molecule has 2 nitrogen and oxygen atoms in total. The monoisotopic (exact) mass is 218 g/mol. The SMILES string of the molecule is CCOC(=O)C(=Cc1ccc(C)cc1)CC. The Labute approximate surface area is 96.9 Å². The molecule has 16 heavy (non-hydrogen) atoms. The highest BCUT2D eigenvalue weighted by Crippen LogP contribution is 2.12. The van der Waals surface area contributed by atoms with Crippen LogP contribution in [0.2, 0.25) is 0 Å². The Morgan fingerprint density at radius 1 is 1.25 bits per heavy atom. The van der Waals surface area contributed by atoms with E-state index in [0.29, 0.717) is 18.6 Å². The van der Waals surface area contributed by atoms with Crippen molar-refractivity contribution < 1.29 is 9.53 Å². The lowest BCUT2D eigenvalue weighted by molar-refractivity contribution is -0.138. The smallest absolute Gasteiger partial charge is 0.333 e. The molecule has 0 N–H and O–H groups in total. The van der Waals surface area contributed by atoms with Crippen LogP contribution < -0.4 is 0 Å². The average molecular weight is 218 g/mol. The van der Waals surface area contributed by atoms with Gasteiger partial charge in [-0.05, 0) is 31.9 Å². The van der Waals surface area contributed by atoms with Crippen LogP contribution in [0.15, 0.2) is 29.8 Å². The summed E-state index contributed by atoms with van der Waals surface area (Å²) >= 11 is 0. The largest absolute Gasteiger partial charge is 0.463 e. The van der Waals surface area contributed by atoms with E-state index in [1.165, 1.54) is 5.56 Å². The van der Waals surface area contributed by atoms with Gasteiger partial charge in [-0.3, -0.25) is 0 Å². The lowest BCUT2D eigenvalue weighted by atomic mass is 10.1. The molecule has 0 unspecified atom stereocenters. The molecule has 0 atom stereocenters. The highest BCUT2D eigenvalue weighted by Gasteiger charge is 2.07. The number of esters is 1. The number of hydrogen-bond acceptors (Lipinski definition) is 2. The quantitative estimate of drug-likeness (QED) is 0.572. The summed E-state index contributed by atoms with van der Waals surface area (Å²) in [7, 11) is 0. The minimum Gasteiger partial charge on any atom is -0.463 e. The first-order valence-corrected chi connectivity index (χ1v) is 5.61. The molecule has 86 valence electrons. The van der Waals surface area contributed by atoms with Crippen LogP contribution in [-0.4, -0.2) is 12.6 Å². The zero-order valence-corrected chi connectivity index (χ0v) is 10.1. The fourth-order valence-electron chi connectivity index (χ4n) is 1.39. The molecule has 0 radical (unpaired) electrons. The average Bonchev–Trinajstić information content (AvgIpc) is 2.28. The van der Waals surface area contributed by atoms with Crippen molar-refractivity contribution in [1.82, 2.24) is 0 Å². The number of carbonyl (C=O) groups excluding carboxylic acids is 1. The fourth-order valence-corrected chi connectivity index (χ4v) is 1.39.